The third kappa shape index (κ3) is 3.31. The number of benzene rings is 6. The van der Waals surface area contributed by atoms with Crippen LogP contribution in [-0.4, -0.2) is 4.57 Å². The maximum atomic E-state index is 9.73. The van der Waals surface area contributed by atoms with Crippen LogP contribution in [-0.2, 0) is 0 Å². The van der Waals surface area contributed by atoms with E-state index in [2.05, 4.69) is 76.1 Å². The van der Waals surface area contributed by atoms with Crippen molar-refractivity contribution in [3.63, 3.8) is 0 Å². The van der Waals surface area contributed by atoms with E-state index in [1.807, 2.05) is 48.5 Å². The van der Waals surface area contributed by atoms with E-state index in [9.17, 15) is 5.26 Å². The first kappa shape index (κ1) is 23.4. The summed E-state index contributed by atoms with van der Waals surface area (Å²) in [6.45, 7) is 7.63. The molecule has 5 nitrogen and oxygen atoms in total. The summed E-state index contributed by atoms with van der Waals surface area (Å²) in [7, 11) is 0. The van der Waals surface area contributed by atoms with Crippen molar-refractivity contribution in [3.8, 4) is 22.9 Å². The van der Waals surface area contributed by atoms with Gasteiger partial charge in [-0.2, -0.15) is 5.26 Å². The molecule has 3 heterocycles. The van der Waals surface area contributed by atoms with Crippen LogP contribution in [0.25, 0.3) is 87.3 Å². The number of hydrogen-bond donors (Lipinski definition) is 0. The molecule has 0 aliphatic rings. The van der Waals surface area contributed by atoms with E-state index in [0.29, 0.717) is 11.3 Å². The van der Waals surface area contributed by atoms with Crippen molar-refractivity contribution in [2.45, 2.75) is 0 Å². The minimum atomic E-state index is 0.421. The van der Waals surface area contributed by atoms with E-state index in [0.717, 1.165) is 82.5 Å². The third-order valence-corrected chi connectivity index (χ3v) is 8.40. The monoisotopic (exact) mass is 549 g/mol. The van der Waals surface area contributed by atoms with Gasteiger partial charge in [0.05, 0.1) is 29.1 Å². The van der Waals surface area contributed by atoms with Crippen molar-refractivity contribution in [3.05, 3.63) is 132 Å². The van der Waals surface area contributed by atoms with Gasteiger partial charge in [-0.3, -0.25) is 0 Å². The lowest BCUT2D eigenvalue weighted by molar-refractivity contribution is 0.669. The van der Waals surface area contributed by atoms with Crippen molar-refractivity contribution < 1.29 is 8.83 Å². The highest BCUT2D eigenvalue weighted by Crippen LogP contribution is 2.42. The van der Waals surface area contributed by atoms with E-state index >= 15 is 0 Å². The second kappa shape index (κ2) is 8.60. The Morgan fingerprint density at radius 2 is 1.28 bits per heavy atom. The molecule has 0 radical (unpaired) electrons. The van der Waals surface area contributed by atoms with Gasteiger partial charge in [0.25, 0.3) is 0 Å². The highest BCUT2D eigenvalue weighted by Gasteiger charge is 2.20. The minimum Gasteiger partial charge on any atom is -0.456 e. The van der Waals surface area contributed by atoms with Gasteiger partial charge in [0.1, 0.15) is 22.3 Å². The van der Waals surface area contributed by atoms with Crippen LogP contribution < -0.4 is 0 Å². The zero-order valence-electron chi connectivity index (χ0n) is 22.6. The molecule has 9 aromatic rings. The van der Waals surface area contributed by atoms with Crippen LogP contribution >= 0.6 is 0 Å². The van der Waals surface area contributed by atoms with E-state index in [1.54, 1.807) is 6.07 Å². The summed E-state index contributed by atoms with van der Waals surface area (Å²) in [6, 6.07) is 40.7. The molecule has 0 bridgehead atoms. The topological polar surface area (TPSA) is 59.4 Å². The minimum absolute atomic E-state index is 0.421. The van der Waals surface area contributed by atoms with Crippen molar-refractivity contribution >= 4 is 71.4 Å². The lowest BCUT2D eigenvalue weighted by atomic mass is 10.0. The summed E-state index contributed by atoms with van der Waals surface area (Å²) in [5, 5.41) is 16.0. The Labute approximate surface area is 244 Å². The molecule has 5 heteroatoms. The van der Waals surface area contributed by atoms with Crippen LogP contribution in [0.2, 0.25) is 0 Å². The van der Waals surface area contributed by atoms with Gasteiger partial charge in [-0.05, 0) is 77.9 Å². The average Bonchev–Trinajstić information content (AvgIpc) is 3.73. The average molecular weight is 550 g/mol. The smallest absolute Gasteiger partial charge is 0.190 e. The number of fused-ring (bicyclic) bond motifs is 10. The number of nitriles is 1. The fourth-order valence-corrected chi connectivity index (χ4v) is 6.50. The van der Waals surface area contributed by atoms with Crippen LogP contribution in [0.5, 0.6) is 0 Å². The summed E-state index contributed by atoms with van der Waals surface area (Å²) in [5.41, 5.74) is 9.00. The van der Waals surface area contributed by atoms with Gasteiger partial charge in [-0.1, -0.05) is 48.5 Å². The molecule has 198 valence electrons. The van der Waals surface area contributed by atoms with Gasteiger partial charge in [0.2, 0.25) is 0 Å². The Bertz CT molecular complexity index is 2680. The fraction of sp³-hybridized carbons (Fsp3) is 0. The molecule has 0 saturated heterocycles. The summed E-state index contributed by atoms with van der Waals surface area (Å²) >= 11 is 0. The Morgan fingerprint density at radius 1 is 0.605 bits per heavy atom. The third-order valence-electron chi connectivity index (χ3n) is 8.40. The second-order valence-corrected chi connectivity index (χ2v) is 10.8. The molecule has 0 saturated carbocycles. The number of rotatable bonds is 2. The van der Waals surface area contributed by atoms with E-state index < -0.39 is 0 Å². The SMILES string of the molecule is [C-]#[N+]c1cc(C#N)cc(-n2c3ccc(-c4ccc5c(c4)oc4ccccc45)cc3c3c4oc5ccccc5c4ccc32)c1. The molecule has 6 aromatic carbocycles. The molecule has 43 heavy (non-hydrogen) atoms. The number of hydrogen-bond acceptors (Lipinski definition) is 3. The molecular formula is C38H19N3O2. The summed E-state index contributed by atoms with van der Waals surface area (Å²) < 4.78 is 14.8. The van der Waals surface area contributed by atoms with Crippen molar-refractivity contribution in [1.29, 1.82) is 5.26 Å². The number of aromatic nitrogens is 1. The molecule has 3 aromatic heterocycles. The standard InChI is InChI=1S/C38H19N3O2/c1-40-25-16-22(21-39)17-26(20-25)41-32-14-11-23(24-10-12-29-27-6-2-4-8-34(27)42-36(29)19-24)18-31(32)37-33(41)15-13-30-28-7-3-5-9-35(28)43-38(30)37/h2-20H. The molecular weight excluding hydrogens is 530 g/mol. The van der Waals surface area contributed by atoms with E-state index in [-0.39, 0.29) is 0 Å². The van der Waals surface area contributed by atoms with Gasteiger partial charge in [-0.25, -0.2) is 4.85 Å². The molecule has 0 atom stereocenters. The zero-order valence-corrected chi connectivity index (χ0v) is 22.6. The molecule has 9 rings (SSSR count). The molecule has 0 fully saturated rings. The fourth-order valence-electron chi connectivity index (χ4n) is 6.50. The van der Waals surface area contributed by atoms with Gasteiger partial charge in [0, 0.05) is 38.2 Å². The quantitative estimate of drug-likeness (QED) is 0.202. The Balaban J connectivity index is 1.37. The lowest BCUT2D eigenvalue weighted by Gasteiger charge is -2.10. The van der Waals surface area contributed by atoms with E-state index in [4.69, 9.17) is 15.4 Å². The molecule has 0 aliphatic carbocycles. The van der Waals surface area contributed by atoms with Gasteiger partial charge in [-0.15, -0.1) is 0 Å². The van der Waals surface area contributed by atoms with Crippen molar-refractivity contribution in [2.75, 3.05) is 0 Å². The molecule has 0 amide bonds. The molecule has 0 unspecified atom stereocenters. The first-order chi connectivity index (χ1) is 21.2. The summed E-state index contributed by atoms with van der Waals surface area (Å²) in [4.78, 5) is 3.64. The highest BCUT2D eigenvalue weighted by atomic mass is 16.3. The van der Waals surface area contributed by atoms with Crippen LogP contribution in [0.1, 0.15) is 5.56 Å². The Hall–Kier alpha value is -6.30. The number of furan rings is 2. The maximum absolute atomic E-state index is 9.73. The molecule has 0 aliphatic heterocycles. The highest BCUT2D eigenvalue weighted by molar-refractivity contribution is 6.24. The number of nitrogens with zero attached hydrogens (tertiary/aromatic N) is 3. The predicted octanol–water partition coefficient (Wildman–Crippen LogP) is 10.7. The van der Waals surface area contributed by atoms with Crippen LogP contribution in [0.15, 0.2) is 124 Å². The Kier molecular flexibility index (Phi) is 4.68. The maximum Gasteiger partial charge on any atom is 0.190 e. The first-order valence-corrected chi connectivity index (χ1v) is 13.9. The van der Waals surface area contributed by atoms with Crippen molar-refractivity contribution in [2.24, 2.45) is 0 Å². The summed E-state index contributed by atoms with van der Waals surface area (Å²) in [5.74, 6) is 0. The lowest BCUT2D eigenvalue weighted by Crippen LogP contribution is -1.94. The second-order valence-electron chi connectivity index (χ2n) is 10.8. The van der Waals surface area contributed by atoms with Gasteiger partial charge in [0.15, 0.2) is 5.69 Å². The molecule has 0 spiro atoms. The normalized spacial score (nSPS) is 11.7. The number of para-hydroxylation sites is 2. The van der Waals surface area contributed by atoms with Crippen LogP contribution in [0.3, 0.4) is 0 Å². The predicted molar refractivity (Wildman–Crippen MR) is 172 cm³/mol. The largest absolute Gasteiger partial charge is 0.456 e. The van der Waals surface area contributed by atoms with Gasteiger partial charge >= 0.3 is 0 Å². The molecule has 0 N–H and O–H groups in total. The zero-order chi connectivity index (χ0) is 28.7. The van der Waals surface area contributed by atoms with Crippen molar-refractivity contribution in [1.82, 2.24) is 4.57 Å². The summed E-state index contributed by atoms with van der Waals surface area (Å²) in [6.07, 6.45) is 0. The van der Waals surface area contributed by atoms with Crippen LogP contribution in [0, 0.1) is 17.9 Å². The first-order valence-electron chi connectivity index (χ1n) is 13.9. The van der Waals surface area contributed by atoms with Gasteiger partial charge < -0.3 is 13.4 Å². The Morgan fingerprint density at radius 3 is 2.09 bits per heavy atom. The van der Waals surface area contributed by atoms with Crippen LogP contribution in [0.4, 0.5) is 5.69 Å². The van der Waals surface area contributed by atoms with E-state index in [1.165, 1.54) is 0 Å².